The normalized spacial score (nSPS) is 21.5. The van der Waals surface area contributed by atoms with Crippen molar-refractivity contribution in [1.82, 2.24) is 9.47 Å². The molecule has 0 radical (unpaired) electrons. The maximum Gasteiger partial charge on any atom is 0.266 e. The lowest BCUT2D eigenvalue weighted by molar-refractivity contribution is -0.124. The number of hydrogen-bond acceptors (Lipinski definition) is 6. The summed E-state index contributed by atoms with van der Waals surface area (Å²) in [6.45, 7) is 5.21. The van der Waals surface area contributed by atoms with E-state index in [1.54, 1.807) is 15.5 Å². The number of nitrogens with zero attached hydrogens (tertiary/aromatic N) is 3. The molecule has 1 aromatic carbocycles. The average molecular weight is 484 g/mol. The van der Waals surface area contributed by atoms with E-state index in [9.17, 15) is 9.59 Å². The van der Waals surface area contributed by atoms with Gasteiger partial charge in [-0.15, -0.1) is 0 Å². The van der Waals surface area contributed by atoms with Crippen molar-refractivity contribution in [2.24, 2.45) is 0 Å². The standard InChI is InChI=1S/C25H29N3O3S2/c1-2-27-20-11-7-6-10-18(20)22(26-12-14-31-15-13-26)19(23(27)29)16-21-24(30)28(25(32)33-21)17-8-4-3-5-9-17/h6-7,10-11,16-17H,2-5,8-9,12-15H2,1H3. The number of morpholine rings is 1. The van der Waals surface area contributed by atoms with E-state index in [-0.39, 0.29) is 17.5 Å². The highest BCUT2D eigenvalue weighted by atomic mass is 32.2. The molecule has 3 heterocycles. The summed E-state index contributed by atoms with van der Waals surface area (Å²) < 4.78 is 7.98. The Morgan fingerprint density at radius 3 is 2.58 bits per heavy atom. The highest BCUT2D eigenvalue weighted by molar-refractivity contribution is 8.26. The van der Waals surface area contributed by atoms with Gasteiger partial charge in [0.05, 0.1) is 34.9 Å². The van der Waals surface area contributed by atoms with Crippen LogP contribution < -0.4 is 10.5 Å². The summed E-state index contributed by atoms with van der Waals surface area (Å²) in [6, 6.07) is 8.21. The van der Waals surface area contributed by atoms with Gasteiger partial charge in [0.15, 0.2) is 0 Å². The highest BCUT2D eigenvalue weighted by Crippen LogP contribution is 2.39. The number of carbonyl (C=O) groups excluding carboxylic acids is 1. The Hall–Kier alpha value is -2.16. The Labute approximate surface area is 203 Å². The first-order chi connectivity index (χ1) is 16.1. The van der Waals surface area contributed by atoms with Crippen LogP contribution in [0.15, 0.2) is 34.0 Å². The molecule has 6 nitrogen and oxygen atoms in total. The zero-order valence-electron chi connectivity index (χ0n) is 18.9. The van der Waals surface area contributed by atoms with E-state index in [2.05, 4.69) is 11.0 Å². The number of aryl methyl sites for hydroxylation is 1. The molecule has 0 spiro atoms. The number of hydrogen-bond donors (Lipinski definition) is 0. The van der Waals surface area contributed by atoms with E-state index in [1.165, 1.54) is 18.2 Å². The van der Waals surface area contributed by atoms with Gasteiger partial charge in [0.1, 0.15) is 4.32 Å². The van der Waals surface area contributed by atoms with Crippen LogP contribution in [0.3, 0.4) is 0 Å². The van der Waals surface area contributed by atoms with Crippen LogP contribution in [0, 0.1) is 0 Å². The second-order valence-electron chi connectivity index (χ2n) is 8.77. The van der Waals surface area contributed by atoms with Crippen LogP contribution in [-0.4, -0.2) is 52.0 Å². The third kappa shape index (κ3) is 4.13. The summed E-state index contributed by atoms with van der Waals surface area (Å²) in [5, 5.41) is 1.02. The van der Waals surface area contributed by atoms with E-state index < -0.39 is 0 Å². The SMILES string of the molecule is CCn1c(=O)c(C=C2SC(=S)N(C3CCCCC3)C2=O)c(N2CCOCC2)c2ccccc21. The van der Waals surface area contributed by atoms with Gasteiger partial charge in [0.25, 0.3) is 11.5 Å². The Morgan fingerprint density at radius 2 is 1.85 bits per heavy atom. The summed E-state index contributed by atoms with van der Waals surface area (Å²) in [5.41, 5.74) is 2.31. The van der Waals surface area contributed by atoms with Gasteiger partial charge in [-0.3, -0.25) is 14.5 Å². The van der Waals surface area contributed by atoms with Crippen LogP contribution in [0.1, 0.15) is 44.6 Å². The fraction of sp³-hybridized carbons (Fsp3) is 0.480. The van der Waals surface area contributed by atoms with Crippen molar-refractivity contribution < 1.29 is 9.53 Å². The Morgan fingerprint density at radius 1 is 1.12 bits per heavy atom. The lowest BCUT2D eigenvalue weighted by atomic mass is 9.94. The number of thioether (sulfide) groups is 1. The van der Waals surface area contributed by atoms with Crippen LogP contribution in [0.2, 0.25) is 0 Å². The first-order valence-corrected chi connectivity index (χ1v) is 13.1. The minimum atomic E-state index is -0.0689. The fourth-order valence-electron chi connectivity index (χ4n) is 5.25. The smallest absolute Gasteiger partial charge is 0.266 e. The predicted octanol–water partition coefficient (Wildman–Crippen LogP) is 4.39. The van der Waals surface area contributed by atoms with E-state index in [0.29, 0.717) is 47.6 Å². The highest BCUT2D eigenvalue weighted by Gasteiger charge is 2.38. The van der Waals surface area contributed by atoms with Gasteiger partial charge in [-0.1, -0.05) is 61.4 Å². The van der Waals surface area contributed by atoms with Crippen molar-refractivity contribution in [3.63, 3.8) is 0 Å². The molecule has 0 N–H and O–H groups in total. The number of aromatic nitrogens is 1. The van der Waals surface area contributed by atoms with Gasteiger partial charge in [-0.05, 0) is 31.9 Å². The summed E-state index contributed by atoms with van der Waals surface area (Å²) in [6.07, 6.45) is 7.28. The maximum absolute atomic E-state index is 13.7. The quantitative estimate of drug-likeness (QED) is 0.475. The van der Waals surface area contributed by atoms with Crippen LogP contribution in [-0.2, 0) is 16.1 Å². The number of pyridine rings is 1. The number of rotatable bonds is 4. The summed E-state index contributed by atoms with van der Waals surface area (Å²) in [5.74, 6) is -0.0552. The molecule has 2 aliphatic heterocycles. The molecule has 8 heteroatoms. The van der Waals surface area contributed by atoms with Crippen molar-refractivity contribution in [2.45, 2.75) is 51.6 Å². The molecule has 33 heavy (non-hydrogen) atoms. The summed E-state index contributed by atoms with van der Waals surface area (Å²) in [7, 11) is 0. The first kappa shape index (κ1) is 22.6. The van der Waals surface area contributed by atoms with Crippen LogP contribution in [0.25, 0.3) is 17.0 Å². The molecule has 5 rings (SSSR count). The Bertz CT molecular complexity index is 1180. The van der Waals surface area contributed by atoms with Gasteiger partial charge in [-0.25, -0.2) is 0 Å². The van der Waals surface area contributed by atoms with Crippen molar-refractivity contribution in [3.05, 3.63) is 45.1 Å². The minimum absolute atomic E-state index is 0.0552. The zero-order valence-corrected chi connectivity index (χ0v) is 20.6. The molecular formula is C25H29N3O3S2. The van der Waals surface area contributed by atoms with Gasteiger partial charge >= 0.3 is 0 Å². The monoisotopic (exact) mass is 483 g/mol. The molecule has 174 valence electrons. The Kier molecular flexibility index (Phi) is 6.58. The third-order valence-corrected chi connectivity index (χ3v) is 8.19. The number of anilines is 1. The molecule has 3 fully saturated rings. The van der Waals surface area contributed by atoms with Crippen molar-refractivity contribution in [3.8, 4) is 0 Å². The van der Waals surface area contributed by atoms with Gasteiger partial charge in [-0.2, -0.15) is 0 Å². The average Bonchev–Trinajstić information content (AvgIpc) is 3.13. The van der Waals surface area contributed by atoms with Gasteiger partial charge in [0.2, 0.25) is 0 Å². The lowest BCUT2D eigenvalue weighted by Gasteiger charge is -2.31. The third-order valence-electron chi connectivity index (χ3n) is 6.86. The molecule has 0 bridgehead atoms. The molecule has 1 saturated carbocycles. The topological polar surface area (TPSA) is 54.8 Å². The molecule has 1 aromatic heterocycles. The molecule has 0 unspecified atom stereocenters. The molecule has 1 amide bonds. The van der Waals surface area contributed by atoms with Crippen molar-refractivity contribution >= 4 is 56.9 Å². The molecule has 3 aliphatic rings. The second-order valence-corrected chi connectivity index (χ2v) is 10.4. The number of para-hydroxylation sites is 1. The second kappa shape index (κ2) is 9.60. The molecule has 2 aromatic rings. The molecular weight excluding hydrogens is 454 g/mol. The summed E-state index contributed by atoms with van der Waals surface area (Å²) >= 11 is 6.96. The van der Waals surface area contributed by atoms with Gasteiger partial charge < -0.3 is 14.2 Å². The van der Waals surface area contributed by atoms with Gasteiger partial charge in [0, 0.05) is 31.1 Å². The Balaban J connectivity index is 1.65. The van der Waals surface area contributed by atoms with E-state index >= 15 is 0 Å². The van der Waals surface area contributed by atoms with E-state index in [1.807, 2.05) is 25.1 Å². The first-order valence-electron chi connectivity index (χ1n) is 11.9. The number of amides is 1. The minimum Gasteiger partial charge on any atom is -0.378 e. The number of ether oxygens (including phenoxy) is 1. The van der Waals surface area contributed by atoms with Crippen LogP contribution >= 0.6 is 24.0 Å². The zero-order chi connectivity index (χ0) is 22.9. The molecule has 1 aliphatic carbocycles. The molecule has 0 atom stereocenters. The van der Waals surface area contributed by atoms with Crippen molar-refractivity contribution in [2.75, 3.05) is 31.2 Å². The van der Waals surface area contributed by atoms with Crippen molar-refractivity contribution in [1.29, 1.82) is 0 Å². The molecule has 2 saturated heterocycles. The van der Waals surface area contributed by atoms with E-state index in [4.69, 9.17) is 17.0 Å². The number of fused-ring (bicyclic) bond motifs is 1. The predicted molar refractivity (Wildman–Crippen MR) is 139 cm³/mol. The lowest BCUT2D eigenvalue weighted by Crippen LogP contribution is -2.40. The number of thiocarbonyl (C=S) groups is 1. The summed E-state index contributed by atoms with van der Waals surface area (Å²) in [4.78, 5) is 31.8. The largest absolute Gasteiger partial charge is 0.378 e. The number of carbonyl (C=O) groups is 1. The number of benzene rings is 1. The van der Waals surface area contributed by atoms with E-state index in [0.717, 1.165) is 42.3 Å². The van der Waals surface area contributed by atoms with Crippen LogP contribution in [0.4, 0.5) is 5.69 Å². The fourth-order valence-corrected chi connectivity index (χ4v) is 6.63. The maximum atomic E-state index is 13.7. The van der Waals surface area contributed by atoms with Crippen LogP contribution in [0.5, 0.6) is 0 Å².